The average Bonchev–Trinajstić information content (AvgIpc) is 2.59. The topological polar surface area (TPSA) is 78.5 Å². The Bertz CT molecular complexity index is 854. The number of halogens is 2. The van der Waals surface area contributed by atoms with E-state index in [1.807, 2.05) is 0 Å². The summed E-state index contributed by atoms with van der Waals surface area (Å²) in [5.41, 5.74) is 1.30. The molecule has 142 valence electrons. The SMILES string of the molecule is CC(=O)Nc1ccc(NC(=O)CCN(C(C)=O)c2ccc(F)c(F)c2)cc1. The average molecular weight is 375 g/mol. The predicted octanol–water partition coefficient (Wildman–Crippen LogP) is 3.30. The van der Waals surface area contributed by atoms with E-state index in [1.54, 1.807) is 24.3 Å². The molecule has 0 aliphatic heterocycles. The van der Waals surface area contributed by atoms with Gasteiger partial charge in [-0.15, -0.1) is 0 Å². The van der Waals surface area contributed by atoms with Gasteiger partial charge in [0.25, 0.3) is 0 Å². The Morgan fingerprint density at radius 3 is 2.00 bits per heavy atom. The quantitative estimate of drug-likeness (QED) is 0.813. The van der Waals surface area contributed by atoms with E-state index in [0.29, 0.717) is 11.4 Å². The first-order chi connectivity index (χ1) is 12.8. The van der Waals surface area contributed by atoms with Crippen LogP contribution in [0.2, 0.25) is 0 Å². The van der Waals surface area contributed by atoms with Gasteiger partial charge in [0, 0.05) is 49.9 Å². The first kappa shape index (κ1) is 20.0. The number of hydrogen-bond acceptors (Lipinski definition) is 3. The highest BCUT2D eigenvalue weighted by Gasteiger charge is 2.15. The second kappa shape index (κ2) is 8.88. The molecule has 3 amide bonds. The van der Waals surface area contributed by atoms with E-state index >= 15 is 0 Å². The first-order valence-electron chi connectivity index (χ1n) is 8.17. The van der Waals surface area contributed by atoms with Crippen molar-refractivity contribution in [3.8, 4) is 0 Å². The van der Waals surface area contributed by atoms with Gasteiger partial charge in [-0.1, -0.05) is 0 Å². The maximum Gasteiger partial charge on any atom is 0.226 e. The van der Waals surface area contributed by atoms with Crippen molar-refractivity contribution in [3.63, 3.8) is 0 Å². The van der Waals surface area contributed by atoms with Gasteiger partial charge >= 0.3 is 0 Å². The van der Waals surface area contributed by atoms with Crippen LogP contribution >= 0.6 is 0 Å². The summed E-state index contributed by atoms with van der Waals surface area (Å²) in [7, 11) is 0. The van der Waals surface area contributed by atoms with E-state index in [9.17, 15) is 23.2 Å². The zero-order chi connectivity index (χ0) is 20.0. The monoisotopic (exact) mass is 375 g/mol. The van der Waals surface area contributed by atoms with Crippen LogP contribution in [0.15, 0.2) is 42.5 Å². The molecule has 0 saturated carbocycles. The Morgan fingerprint density at radius 1 is 0.889 bits per heavy atom. The minimum Gasteiger partial charge on any atom is -0.326 e. The van der Waals surface area contributed by atoms with Crippen molar-refractivity contribution in [1.29, 1.82) is 0 Å². The van der Waals surface area contributed by atoms with Crippen molar-refractivity contribution in [1.82, 2.24) is 0 Å². The van der Waals surface area contributed by atoms with Crippen LogP contribution in [0.4, 0.5) is 25.8 Å². The first-order valence-corrected chi connectivity index (χ1v) is 8.17. The fraction of sp³-hybridized carbons (Fsp3) is 0.211. The number of rotatable bonds is 6. The van der Waals surface area contributed by atoms with Crippen LogP contribution in [0.25, 0.3) is 0 Å². The van der Waals surface area contributed by atoms with E-state index < -0.39 is 17.5 Å². The third-order valence-corrected chi connectivity index (χ3v) is 3.65. The van der Waals surface area contributed by atoms with E-state index in [-0.39, 0.29) is 30.5 Å². The fourth-order valence-electron chi connectivity index (χ4n) is 2.40. The van der Waals surface area contributed by atoms with Crippen LogP contribution in [0.3, 0.4) is 0 Å². The number of benzene rings is 2. The summed E-state index contributed by atoms with van der Waals surface area (Å²) in [6.45, 7) is 2.68. The predicted molar refractivity (Wildman–Crippen MR) is 98.4 cm³/mol. The Balaban J connectivity index is 1.96. The minimum atomic E-state index is -1.07. The van der Waals surface area contributed by atoms with Crippen molar-refractivity contribution in [2.24, 2.45) is 0 Å². The van der Waals surface area contributed by atoms with Crippen molar-refractivity contribution >= 4 is 34.8 Å². The molecular formula is C19H19F2N3O3. The summed E-state index contributed by atoms with van der Waals surface area (Å²) in [4.78, 5) is 36.1. The molecule has 0 atom stereocenters. The molecule has 27 heavy (non-hydrogen) atoms. The standard InChI is InChI=1S/C19H19F2N3O3/c1-12(25)22-14-3-5-15(6-4-14)23-19(27)9-10-24(13(2)26)16-7-8-17(20)18(21)11-16/h3-8,11H,9-10H2,1-2H3,(H,22,25)(H,23,27). The Labute approximate surface area is 155 Å². The van der Waals surface area contributed by atoms with Crippen LogP contribution in [0.1, 0.15) is 20.3 Å². The third-order valence-electron chi connectivity index (χ3n) is 3.65. The van der Waals surface area contributed by atoms with Crippen LogP contribution in [0, 0.1) is 11.6 Å². The molecule has 0 radical (unpaired) electrons. The normalized spacial score (nSPS) is 10.2. The molecule has 0 fully saturated rings. The Kier molecular flexibility index (Phi) is 6.59. The van der Waals surface area contributed by atoms with Crippen molar-refractivity contribution < 1.29 is 23.2 Å². The molecule has 0 bridgehead atoms. The summed E-state index contributed by atoms with van der Waals surface area (Å²) in [6, 6.07) is 9.65. The molecule has 0 unspecified atom stereocenters. The molecule has 0 aliphatic carbocycles. The van der Waals surface area contributed by atoms with E-state index in [2.05, 4.69) is 10.6 Å². The van der Waals surface area contributed by atoms with Crippen LogP contribution in [-0.2, 0) is 14.4 Å². The summed E-state index contributed by atoms with van der Waals surface area (Å²) in [6.07, 6.45) is -0.0357. The number of nitrogens with one attached hydrogen (secondary N) is 2. The molecule has 2 rings (SSSR count). The van der Waals surface area contributed by atoms with E-state index in [0.717, 1.165) is 12.1 Å². The second-order valence-corrected chi connectivity index (χ2v) is 5.83. The molecule has 0 heterocycles. The summed E-state index contributed by atoms with van der Waals surface area (Å²) in [5.74, 6) is -3.02. The van der Waals surface area contributed by atoms with Crippen LogP contribution < -0.4 is 15.5 Å². The second-order valence-electron chi connectivity index (χ2n) is 5.83. The number of anilines is 3. The lowest BCUT2D eigenvalue weighted by atomic mass is 10.2. The highest BCUT2D eigenvalue weighted by atomic mass is 19.2. The lowest BCUT2D eigenvalue weighted by molar-refractivity contribution is -0.117. The van der Waals surface area contributed by atoms with Gasteiger partial charge in [-0.05, 0) is 36.4 Å². The van der Waals surface area contributed by atoms with Crippen molar-refractivity contribution in [2.75, 3.05) is 22.1 Å². The molecule has 0 aromatic heterocycles. The number of nitrogens with zero attached hydrogens (tertiary/aromatic N) is 1. The van der Waals surface area contributed by atoms with Gasteiger partial charge in [0.15, 0.2) is 11.6 Å². The van der Waals surface area contributed by atoms with E-state index in [1.165, 1.54) is 24.8 Å². The summed E-state index contributed by atoms with van der Waals surface area (Å²) >= 11 is 0. The molecule has 2 aromatic rings. The molecule has 6 nitrogen and oxygen atoms in total. The maximum atomic E-state index is 13.4. The van der Waals surface area contributed by atoms with Crippen molar-refractivity contribution in [3.05, 3.63) is 54.1 Å². The van der Waals surface area contributed by atoms with Crippen LogP contribution in [-0.4, -0.2) is 24.3 Å². The largest absolute Gasteiger partial charge is 0.326 e. The van der Waals surface area contributed by atoms with Gasteiger partial charge in [0.2, 0.25) is 17.7 Å². The zero-order valence-corrected chi connectivity index (χ0v) is 14.9. The fourth-order valence-corrected chi connectivity index (χ4v) is 2.40. The Hall–Kier alpha value is -3.29. The molecule has 0 saturated heterocycles. The highest BCUT2D eigenvalue weighted by Crippen LogP contribution is 2.19. The zero-order valence-electron chi connectivity index (χ0n) is 14.9. The van der Waals surface area contributed by atoms with Gasteiger partial charge in [-0.3, -0.25) is 14.4 Å². The van der Waals surface area contributed by atoms with E-state index in [4.69, 9.17) is 0 Å². The lowest BCUT2D eigenvalue weighted by Gasteiger charge is -2.21. The lowest BCUT2D eigenvalue weighted by Crippen LogP contribution is -2.32. The summed E-state index contributed by atoms with van der Waals surface area (Å²) in [5, 5.41) is 5.28. The van der Waals surface area contributed by atoms with Crippen LogP contribution in [0.5, 0.6) is 0 Å². The van der Waals surface area contributed by atoms with Crippen molar-refractivity contribution in [2.45, 2.75) is 20.3 Å². The van der Waals surface area contributed by atoms with Gasteiger partial charge in [0.1, 0.15) is 0 Å². The number of hydrogen-bond donors (Lipinski definition) is 2. The number of carbonyl (C=O) groups is 3. The number of amides is 3. The highest BCUT2D eigenvalue weighted by molar-refractivity contribution is 5.95. The smallest absolute Gasteiger partial charge is 0.226 e. The Morgan fingerprint density at radius 2 is 1.48 bits per heavy atom. The minimum absolute atomic E-state index is 0.0101. The van der Waals surface area contributed by atoms with Gasteiger partial charge in [0.05, 0.1) is 0 Å². The van der Waals surface area contributed by atoms with Gasteiger partial charge < -0.3 is 15.5 Å². The molecule has 2 aromatic carbocycles. The number of carbonyl (C=O) groups excluding carboxylic acids is 3. The molecule has 2 N–H and O–H groups in total. The van der Waals surface area contributed by atoms with Gasteiger partial charge in [-0.2, -0.15) is 0 Å². The molecular weight excluding hydrogens is 356 g/mol. The molecule has 8 heteroatoms. The maximum absolute atomic E-state index is 13.4. The van der Waals surface area contributed by atoms with Gasteiger partial charge in [-0.25, -0.2) is 8.78 Å². The molecule has 0 aliphatic rings. The summed E-state index contributed by atoms with van der Waals surface area (Å²) < 4.78 is 26.4. The molecule has 0 spiro atoms. The third kappa shape index (κ3) is 5.88.